The Kier molecular flexibility index (Phi) is 6.29. The van der Waals surface area contributed by atoms with Crippen molar-refractivity contribution in [2.24, 2.45) is 0 Å². The van der Waals surface area contributed by atoms with Crippen LogP contribution in [0.3, 0.4) is 0 Å². The van der Waals surface area contributed by atoms with Gasteiger partial charge >= 0.3 is 11.9 Å². The molecule has 1 aromatic heterocycles. The highest BCUT2D eigenvalue weighted by molar-refractivity contribution is 7.21. The van der Waals surface area contributed by atoms with Crippen molar-refractivity contribution >= 4 is 44.8 Å². The van der Waals surface area contributed by atoms with Crippen LogP contribution in [0, 0.1) is 12.7 Å². The van der Waals surface area contributed by atoms with Gasteiger partial charge in [-0.1, -0.05) is 0 Å². The molecule has 4 rings (SSSR count). The molecule has 7 nitrogen and oxygen atoms in total. The van der Waals surface area contributed by atoms with E-state index < -0.39 is 17.7 Å². The van der Waals surface area contributed by atoms with Gasteiger partial charge in [0.05, 0.1) is 7.11 Å². The predicted molar refractivity (Wildman–Crippen MR) is 126 cm³/mol. The maximum Gasteiger partial charge on any atom is 0.394 e. The predicted octanol–water partition coefficient (Wildman–Crippen LogP) is 5.40. The van der Waals surface area contributed by atoms with Crippen molar-refractivity contribution in [3.8, 4) is 17.2 Å². The molecule has 0 aliphatic rings. The Labute approximate surface area is 197 Å². The number of anilines is 1. The summed E-state index contributed by atoms with van der Waals surface area (Å²) in [6, 6.07) is 15.4. The molecule has 0 aliphatic carbocycles. The van der Waals surface area contributed by atoms with Crippen LogP contribution >= 0.6 is 11.3 Å². The number of carboxylic acid groups (broad SMARTS) is 1. The van der Waals surface area contributed by atoms with Gasteiger partial charge in [0.1, 0.15) is 22.2 Å². The smallest absolute Gasteiger partial charge is 0.394 e. The summed E-state index contributed by atoms with van der Waals surface area (Å²) in [5.41, 5.74) is 1.14. The van der Waals surface area contributed by atoms with E-state index in [9.17, 15) is 18.8 Å². The highest BCUT2D eigenvalue weighted by Crippen LogP contribution is 2.43. The van der Waals surface area contributed by atoms with Crippen molar-refractivity contribution in [3.63, 3.8) is 0 Å². The number of carbonyl (C=O) groups excluding carboxylic acids is 2. The van der Waals surface area contributed by atoms with Gasteiger partial charge in [-0.25, -0.2) is 9.18 Å². The lowest BCUT2D eigenvalue weighted by molar-refractivity contribution is -0.147. The quantitative estimate of drug-likeness (QED) is 0.283. The van der Waals surface area contributed by atoms with Gasteiger partial charge in [0, 0.05) is 21.3 Å². The number of thiophene rings is 1. The summed E-state index contributed by atoms with van der Waals surface area (Å²) in [6.07, 6.45) is 0. The first-order valence-electron chi connectivity index (χ1n) is 10.0. The van der Waals surface area contributed by atoms with Crippen molar-refractivity contribution < 1.29 is 33.4 Å². The fraction of sp³-hybridized carbons (Fsp3) is 0.0800. The number of carboxylic acids is 1. The molecule has 1 amide bonds. The van der Waals surface area contributed by atoms with Gasteiger partial charge in [0.15, 0.2) is 5.75 Å². The zero-order valence-corrected chi connectivity index (χ0v) is 18.9. The summed E-state index contributed by atoms with van der Waals surface area (Å²) < 4.78 is 25.7. The number of methoxy groups -OCH3 is 1. The first kappa shape index (κ1) is 22.9. The topological polar surface area (TPSA) is 102 Å². The van der Waals surface area contributed by atoms with Gasteiger partial charge < -0.3 is 19.9 Å². The molecule has 3 aromatic carbocycles. The number of amides is 1. The second-order valence-corrected chi connectivity index (χ2v) is 8.35. The average Bonchev–Trinajstić information content (AvgIpc) is 3.17. The molecule has 0 saturated heterocycles. The highest BCUT2D eigenvalue weighted by Gasteiger charge is 2.24. The van der Waals surface area contributed by atoms with E-state index in [-0.39, 0.29) is 11.5 Å². The molecule has 1 heterocycles. The minimum Gasteiger partial charge on any atom is -0.497 e. The number of hydrogen-bond donors (Lipinski definition) is 2. The van der Waals surface area contributed by atoms with Crippen LogP contribution in [-0.2, 0) is 9.59 Å². The lowest BCUT2D eigenvalue weighted by Gasteiger charge is -2.10. The average molecular weight is 479 g/mol. The van der Waals surface area contributed by atoms with Gasteiger partial charge in [0.2, 0.25) is 5.78 Å². The third kappa shape index (κ3) is 4.60. The van der Waals surface area contributed by atoms with Crippen molar-refractivity contribution in [2.75, 3.05) is 12.4 Å². The summed E-state index contributed by atoms with van der Waals surface area (Å²) in [5.74, 6) is -2.17. The maximum absolute atomic E-state index is 13.6. The fourth-order valence-electron chi connectivity index (χ4n) is 3.34. The minimum atomic E-state index is -1.60. The number of aryl methyl sites for hydroxylation is 1. The molecule has 0 fully saturated rings. The van der Waals surface area contributed by atoms with Gasteiger partial charge in [-0.3, -0.25) is 9.59 Å². The molecule has 0 bridgehead atoms. The summed E-state index contributed by atoms with van der Waals surface area (Å²) in [4.78, 5) is 35.8. The fourth-order valence-corrected chi connectivity index (χ4v) is 4.46. The van der Waals surface area contributed by atoms with Gasteiger partial charge in [-0.15, -0.1) is 11.3 Å². The van der Waals surface area contributed by atoms with E-state index in [4.69, 9.17) is 14.6 Å². The maximum atomic E-state index is 13.6. The molecule has 0 saturated carbocycles. The number of carbonyl (C=O) groups is 3. The monoisotopic (exact) mass is 479 g/mol. The molecule has 34 heavy (non-hydrogen) atoms. The van der Waals surface area contributed by atoms with E-state index >= 15 is 0 Å². The van der Waals surface area contributed by atoms with Crippen LogP contribution in [0.15, 0.2) is 60.7 Å². The van der Waals surface area contributed by atoms with Crippen LogP contribution < -0.4 is 14.8 Å². The standard InChI is InChI=1S/C25H18FNO6S/c1-13-11-14(26)3-9-18(13)21(28)23-22(19-10-8-17(32-2)12-20(19)34-23)33-16-6-4-15(5-7-16)27-24(29)25(30)31/h3-12H,1-2H3,(H,27,29)(H,30,31). The van der Waals surface area contributed by atoms with E-state index in [0.717, 1.165) is 4.70 Å². The zero-order chi connectivity index (χ0) is 24.4. The Balaban J connectivity index is 1.74. The lowest BCUT2D eigenvalue weighted by Crippen LogP contribution is -2.21. The molecule has 0 unspecified atom stereocenters. The van der Waals surface area contributed by atoms with Gasteiger partial charge in [0.25, 0.3) is 0 Å². The Morgan fingerprint density at radius 2 is 1.68 bits per heavy atom. The summed E-state index contributed by atoms with van der Waals surface area (Å²) >= 11 is 1.23. The Morgan fingerprint density at radius 3 is 2.32 bits per heavy atom. The lowest BCUT2D eigenvalue weighted by atomic mass is 10.0. The molecule has 0 radical (unpaired) electrons. The van der Waals surface area contributed by atoms with Crippen LogP contribution in [0.25, 0.3) is 10.1 Å². The Bertz CT molecular complexity index is 1430. The molecule has 9 heteroatoms. The third-order valence-corrected chi connectivity index (χ3v) is 6.15. The van der Waals surface area contributed by atoms with Crippen molar-refractivity contribution in [3.05, 3.63) is 82.5 Å². The van der Waals surface area contributed by atoms with Gasteiger partial charge in [-0.05, 0) is 73.2 Å². The number of ketones is 1. The van der Waals surface area contributed by atoms with Gasteiger partial charge in [-0.2, -0.15) is 0 Å². The minimum absolute atomic E-state index is 0.276. The molecule has 0 aliphatic heterocycles. The summed E-state index contributed by atoms with van der Waals surface area (Å²) in [6.45, 7) is 1.66. The number of halogens is 1. The second-order valence-electron chi connectivity index (χ2n) is 7.30. The first-order chi connectivity index (χ1) is 16.3. The number of benzene rings is 3. The number of hydrogen-bond acceptors (Lipinski definition) is 6. The molecule has 2 N–H and O–H groups in total. The molecule has 172 valence electrons. The highest BCUT2D eigenvalue weighted by atomic mass is 32.1. The number of fused-ring (bicyclic) bond motifs is 1. The van der Waals surface area contributed by atoms with E-state index in [0.29, 0.717) is 38.6 Å². The Hall–Kier alpha value is -4.24. The zero-order valence-electron chi connectivity index (χ0n) is 18.0. The van der Waals surface area contributed by atoms with E-state index in [1.165, 1.54) is 41.7 Å². The number of aliphatic carboxylic acids is 1. The van der Waals surface area contributed by atoms with E-state index in [1.54, 1.807) is 44.4 Å². The van der Waals surface area contributed by atoms with Crippen LogP contribution in [-0.4, -0.2) is 29.9 Å². The third-order valence-electron chi connectivity index (χ3n) is 5.02. The van der Waals surface area contributed by atoms with Crippen LogP contribution in [0.5, 0.6) is 17.2 Å². The van der Waals surface area contributed by atoms with Crippen molar-refractivity contribution in [1.82, 2.24) is 0 Å². The molecular weight excluding hydrogens is 461 g/mol. The molecule has 0 spiro atoms. The number of ether oxygens (including phenoxy) is 2. The normalized spacial score (nSPS) is 10.7. The van der Waals surface area contributed by atoms with E-state index in [2.05, 4.69) is 5.32 Å². The van der Waals surface area contributed by atoms with Crippen molar-refractivity contribution in [2.45, 2.75) is 6.92 Å². The van der Waals surface area contributed by atoms with Crippen LogP contribution in [0.1, 0.15) is 20.8 Å². The summed E-state index contributed by atoms with van der Waals surface area (Å²) in [5, 5.41) is 11.7. The summed E-state index contributed by atoms with van der Waals surface area (Å²) in [7, 11) is 1.55. The molecular formula is C25H18FNO6S. The van der Waals surface area contributed by atoms with Crippen LogP contribution in [0.4, 0.5) is 10.1 Å². The van der Waals surface area contributed by atoms with Crippen LogP contribution in [0.2, 0.25) is 0 Å². The van der Waals surface area contributed by atoms with E-state index in [1.807, 2.05) is 0 Å². The first-order valence-corrected chi connectivity index (χ1v) is 10.8. The number of rotatable bonds is 6. The van der Waals surface area contributed by atoms with Crippen molar-refractivity contribution in [1.29, 1.82) is 0 Å². The molecule has 0 atom stereocenters. The Morgan fingerprint density at radius 1 is 0.971 bits per heavy atom. The second kappa shape index (κ2) is 9.32. The largest absolute Gasteiger partial charge is 0.497 e. The molecule has 4 aromatic rings. The SMILES string of the molecule is COc1ccc2c(Oc3ccc(NC(=O)C(=O)O)cc3)c(C(=O)c3ccc(F)cc3C)sc2c1. The number of nitrogens with one attached hydrogen (secondary N) is 1.